The largest absolute Gasteiger partial charge is 0.309 e. The Labute approximate surface area is 270 Å². The number of rotatable bonds is 1. The second kappa shape index (κ2) is 8.40. The number of thiophene rings is 1. The Hall–Kier alpha value is -6.04. The Bertz CT molecular complexity index is 3310. The Morgan fingerprint density at radius 3 is 2.17 bits per heavy atom. The molecule has 47 heavy (non-hydrogen) atoms. The molecule has 216 valence electrons. The van der Waals surface area contributed by atoms with Gasteiger partial charge in [0, 0.05) is 52.8 Å². The van der Waals surface area contributed by atoms with E-state index in [4.69, 9.17) is 9.97 Å². The average molecular weight is 615 g/mol. The van der Waals surface area contributed by atoms with Crippen molar-refractivity contribution in [2.75, 3.05) is 0 Å². The molecule has 5 heteroatoms. The van der Waals surface area contributed by atoms with Gasteiger partial charge in [-0.1, -0.05) is 78.9 Å². The van der Waals surface area contributed by atoms with E-state index < -0.39 is 0 Å². The minimum absolute atomic E-state index is 0.911. The first-order chi connectivity index (χ1) is 23.3. The highest BCUT2D eigenvalue weighted by Crippen LogP contribution is 2.44. The highest BCUT2D eigenvalue weighted by molar-refractivity contribution is 7.26. The van der Waals surface area contributed by atoms with Crippen LogP contribution in [0.4, 0.5) is 0 Å². The van der Waals surface area contributed by atoms with E-state index in [1.54, 1.807) is 0 Å². The lowest BCUT2D eigenvalue weighted by atomic mass is 10.0. The molecule has 7 aromatic carbocycles. The topological polar surface area (TPSA) is 35.1 Å². The van der Waals surface area contributed by atoms with Gasteiger partial charge in [-0.05, 0) is 65.4 Å². The highest BCUT2D eigenvalue weighted by atomic mass is 32.1. The monoisotopic (exact) mass is 614 g/mol. The third-order valence-corrected chi connectivity index (χ3v) is 11.3. The molecular formula is C42H22N4S. The fraction of sp³-hybridized carbons (Fsp3) is 0. The van der Waals surface area contributed by atoms with Crippen LogP contribution in [-0.2, 0) is 0 Å². The first-order valence-corrected chi connectivity index (χ1v) is 16.7. The van der Waals surface area contributed by atoms with E-state index in [1.165, 1.54) is 69.0 Å². The van der Waals surface area contributed by atoms with Gasteiger partial charge in [-0.2, -0.15) is 0 Å². The first kappa shape index (κ1) is 24.2. The van der Waals surface area contributed by atoms with E-state index in [-0.39, 0.29) is 0 Å². The molecule has 0 aliphatic carbocycles. The van der Waals surface area contributed by atoms with Gasteiger partial charge in [0.25, 0.3) is 0 Å². The molecular weight excluding hydrogens is 593 g/mol. The molecule has 0 aliphatic rings. The molecule has 0 atom stereocenters. The van der Waals surface area contributed by atoms with Crippen molar-refractivity contribution in [1.82, 2.24) is 18.9 Å². The standard InChI is InChI=1S/C42H22N4S/c1-2-9-25-23(8-1)16-19-37-39(25)31-21-30-26-10-3-6-15-34(26)45(36(30)22-38(31)47-37)24-17-18-35-29(20-24)27-11-7-12-28-40-42(46(35)41(27)28)44-33-14-5-4-13-32(33)43-40/h1-22H. The minimum atomic E-state index is 0.911. The number of nitrogens with zero attached hydrogens (tertiary/aromatic N) is 4. The summed E-state index contributed by atoms with van der Waals surface area (Å²) in [4.78, 5) is 10.2. The number of fused-ring (bicyclic) bond motifs is 15. The predicted octanol–water partition coefficient (Wildman–Crippen LogP) is 11.4. The van der Waals surface area contributed by atoms with Gasteiger partial charge in [0.2, 0.25) is 0 Å². The molecule has 0 spiro atoms. The van der Waals surface area contributed by atoms with Gasteiger partial charge in [-0.25, -0.2) is 9.97 Å². The molecule has 0 amide bonds. The van der Waals surface area contributed by atoms with E-state index in [2.05, 4.69) is 118 Å². The molecule has 0 saturated carbocycles. The molecule has 4 nitrogen and oxygen atoms in total. The third-order valence-electron chi connectivity index (χ3n) is 10.2. The molecule has 0 radical (unpaired) electrons. The van der Waals surface area contributed by atoms with Gasteiger partial charge in [0.15, 0.2) is 5.65 Å². The van der Waals surface area contributed by atoms with Crippen molar-refractivity contribution in [1.29, 1.82) is 0 Å². The summed E-state index contributed by atoms with van der Waals surface area (Å²) in [6.45, 7) is 0. The van der Waals surface area contributed by atoms with Crippen LogP contribution < -0.4 is 0 Å². The number of aromatic nitrogens is 4. The predicted molar refractivity (Wildman–Crippen MR) is 199 cm³/mol. The van der Waals surface area contributed by atoms with Crippen LogP contribution in [-0.4, -0.2) is 18.9 Å². The number of benzene rings is 7. The zero-order valence-corrected chi connectivity index (χ0v) is 25.7. The van der Waals surface area contributed by atoms with E-state index in [0.29, 0.717) is 0 Å². The molecule has 12 rings (SSSR count). The second-order valence-corrected chi connectivity index (χ2v) is 13.7. The molecule has 0 saturated heterocycles. The van der Waals surface area contributed by atoms with Gasteiger partial charge in [0.1, 0.15) is 5.52 Å². The zero-order valence-electron chi connectivity index (χ0n) is 24.9. The second-order valence-electron chi connectivity index (χ2n) is 12.6. The number of hydrogen-bond acceptors (Lipinski definition) is 3. The van der Waals surface area contributed by atoms with Crippen molar-refractivity contribution in [2.45, 2.75) is 0 Å². The molecule has 0 N–H and O–H groups in total. The maximum Gasteiger partial charge on any atom is 0.165 e. The lowest BCUT2D eigenvalue weighted by Crippen LogP contribution is -1.94. The molecule has 0 unspecified atom stereocenters. The van der Waals surface area contributed by atoms with Crippen LogP contribution in [0.15, 0.2) is 133 Å². The number of para-hydroxylation sites is 4. The van der Waals surface area contributed by atoms with Crippen molar-refractivity contribution >= 4 is 113 Å². The fourth-order valence-electron chi connectivity index (χ4n) is 8.22. The lowest BCUT2D eigenvalue weighted by molar-refractivity contribution is 1.19. The summed E-state index contributed by atoms with van der Waals surface area (Å²) in [7, 11) is 0. The molecule has 0 aliphatic heterocycles. The van der Waals surface area contributed by atoms with Gasteiger partial charge in [-0.3, -0.25) is 4.40 Å². The van der Waals surface area contributed by atoms with Crippen molar-refractivity contribution in [3.63, 3.8) is 0 Å². The Morgan fingerprint density at radius 1 is 0.468 bits per heavy atom. The van der Waals surface area contributed by atoms with E-state index in [9.17, 15) is 0 Å². The molecule has 0 fully saturated rings. The van der Waals surface area contributed by atoms with Gasteiger partial charge in [0.05, 0.1) is 33.1 Å². The van der Waals surface area contributed by atoms with Gasteiger partial charge in [-0.15, -0.1) is 11.3 Å². The van der Waals surface area contributed by atoms with Crippen molar-refractivity contribution in [3.05, 3.63) is 133 Å². The summed E-state index contributed by atoms with van der Waals surface area (Å²) in [5.74, 6) is 0. The van der Waals surface area contributed by atoms with Crippen LogP contribution in [0.25, 0.3) is 108 Å². The van der Waals surface area contributed by atoms with Crippen LogP contribution >= 0.6 is 11.3 Å². The number of hydrogen-bond donors (Lipinski definition) is 0. The van der Waals surface area contributed by atoms with E-state index in [0.717, 1.165) is 38.8 Å². The third kappa shape index (κ3) is 2.98. The summed E-state index contributed by atoms with van der Waals surface area (Å²) in [5.41, 5.74) is 9.65. The molecule has 5 aromatic heterocycles. The average Bonchev–Trinajstić information content (AvgIpc) is 3.85. The fourth-order valence-corrected chi connectivity index (χ4v) is 9.36. The Morgan fingerprint density at radius 2 is 1.23 bits per heavy atom. The van der Waals surface area contributed by atoms with Crippen LogP contribution in [0.1, 0.15) is 0 Å². The van der Waals surface area contributed by atoms with Crippen molar-refractivity contribution < 1.29 is 0 Å². The Balaban J connectivity index is 1.18. The van der Waals surface area contributed by atoms with E-state index >= 15 is 0 Å². The summed E-state index contributed by atoms with van der Waals surface area (Å²) in [6, 6.07) is 48.6. The van der Waals surface area contributed by atoms with Crippen molar-refractivity contribution in [2.24, 2.45) is 0 Å². The first-order valence-electron chi connectivity index (χ1n) is 15.9. The van der Waals surface area contributed by atoms with Crippen LogP contribution in [0.2, 0.25) is 0 Å². The molecule has 12 aromatic rings. The SMILES string of the molecule is c1ccc2c(c1)ccc1sc3cc4c(cc3c12)c1ccccc1n4-c1ccc2c(c1)c1cccc3c4nc5ccccc5nc4n2c13. The smallest absolute Gasteiger partial charge is 0.165 e. The van der Waals surface area contributed by atoms with E-state index in [1.807, 2.05) is 35.6 Å². The summed E-state index contributed by atoms with van der Waals surface area (Å²) in [5, 5.41) is 11.4. The van der Waals surface area contributed by atoms with Gasteiger partial charge < -0.3 is 4.57 Å². The van der Waals surface area contributed by atoms with Crippen LogP contribution in [0.5, 0.6) is 0 Å². The quantitative estimate of drug-likeness (QED) is 0.184. The Kier molecular flexibility index (Phi) is 4.33. The summed E-state index contributed by atoms with van der Waals surface area (Å²) < 4.78 is 7.41. The minimum Gasteiger partial charge on any atom is -0.309 e. The van der Waals surface area contributed by atoms with Crippen molar-refractivity contribution in [3.8, 4) is 5.69 Å². The summed E-state index contributed by atoms with van der Waals surface area (Å²) in [6.07, 6.45) is 0. The van der Waals surface area contributed by atoms with Crippen LogP contribution in [0, 0.1) is 0 Å². The van der Waals surface area contributed by atoms with Crippen LogP contribution in [0.3, 0.4) is 0 Å². The summed E-state index contributed by atoms with van der Waals surface area (Å²) >= 11 is 1.89. The zero-order chi connectivity index (χ0) is 30.4. The highest BCUT2D eigenvalue weighted by Gasteiger charge is 2.21. The maximum absolute atomic E-state index is 5.13. The maximum atomic E-state index is 5.13. The lowest BCUT2D eigenvalue weighted by Gasteiger charge is -2.09. The molecule has 0 bridgehead atoms. The van der Waals surface area contributed by atoms with Gasteiger partial charge >= 0.3 is 0 Å². The normalized spacial score (nSPS) is 12.7. The molecule has 5 heterocycles.